The second kappa shape index (κ2) is 4.35. The molecular weight excluding hydrogens is 254 g/mol. The van der Waals surface area contributed by atoms with Gasteiger partial charge in [0.1, 0.15) is 0 Å². The summed E-state index contributed by atoms with van der Waals surface area (Å²) in [6.07, 6.45) is 0.631. The van der Waals surface area contributed by atoms with E-state index >= 15 is 0 Å². The van der Waals surface area contributed by atoms with E-state index in [1.807, 2.05) is 17.0 Å². The van der Waals surface area contributed by atoms with Crippen LogP contribution in [0.25, 0.3) is 0 Å². The molecule has 0 saturated carbocycles. The zero-order valence-electron chi connectivity index (χ0n) is 8.74. The molecule has 1 fully saturated rings. The van der Waals surface area contributed by atoms with Crippen LogP contribution in [-0.4, -0.2) is 22.2 Å². The van der Waals surface area contributed by atoms with E-state index in [0.29, 0.717) is 11.2 Å². The molecule has 1 aromatic carbocycles. The topological polar surface area (TPSA) is 20.3 Å². The van der Waals surface area contributed by atoms with Crippen molar-refractivity contribution in [3.63, 3.8) is 0 Å². The molecule has 2 nitrogen and oxygen atoms in total. The molecule has 0 aliphatic carbocycles. The number of benzene rings is 1. The Morgan fingerprint density at radius 1 is 1.47 bits per heavy atom. The molecule has 0 radical (unpaired) electrons. The SMILES string of the molecule is Cc1ccccc1CN1CC(Br)CC1=O. The summed E-state index contributed by atoms with van der Waals surface area (Å²) in [4.78, 5) is 13.8. The lowest BCUT2D eigenvalue weighted by molar-refractivity contribution is -0.128. The number of alkyl halides is 1. The van der Waals surface area contributed by atoms with Crippen molar-refractivity contribution in [2.45, 2.75) is 24.7 Å². The maximum atomic E-state index is 11.6. The van der Waals surface area contributed by atoms with Crippen molar-refractivity contribution in [1.82, 2.24) is 4.90 Å². The van der Waals surface area contributed by atoms with Crippen molar-refractivity contribution in [2.24, 2.45) is 0 Å². The predicted octanol–water partition coefficient (Wildman–Crippen LogP) is 2.49. The highest BCUT2D eigenvalue weighted by Crippen LogP contribution is 2.21. The standard InChI is InChI=1S/C12H14BrNO/c1-9-4-2-3-5-10(9)7-14-8-11(13)6-12(14)15/h2-5,11H,6-8H2,1H3. The van der Waals surface area contributed by atoms with Crippen LogP contribution in [0, 0.1) is 6.92 Å². The minimum absolute atomic E-state index is 0.250. The van der Waals surface area contributed by atoms with E-state index in [9.17, 15) is 4.79 Å². The summed E-state index contributed by atoms with van der Waals surface area (Å²) in [7, 11) is 0. The van der Waals surface area contributed by atoms with E-state index in [0.717, 1.165) is 13.1 Å². The number of nitrogens with zero attached hydrogens (tertiary/aromatic N) is 1. The van der Waals surface area contributed by atoms with E-state index in [2.05, 4.69) is 35.0 Å². The zero-order chi connectivity index (χ0) is 10.8. The Hall–Kier alpha value is -0.830. The highest BCUT2D eigenvalue weighted by molar-refractivity contribution is 9.09. The van der Waals surface area contributed by atoms with Gasteiger partial charge >= 0.3 is 0 Å². The van der Waals surface area contributed by atoms with Crippen LogP contribution in [0.2, 0.25) is 0 Å². The fourth-order valence-corrected chi connectivity index (χ4v) is 2.50. The van der Waals surface area contributed by atoms with Crippen molar-refractivity contribution in [3.05, 3.63) is 35.4 Å². The molecule has 0 spiro atoms. The van der Waals surface area contributed by atoms with Crippen molar-refractivity contribution in [3.8, 4) is 0 Å². The first-order chi connectivity index (χ1) is 7.16. The van der Waals surface area contributed by atoms with Crippen LogP contribution in [0.15, 0.2) is 24.3 Å². The molecule has 1 saturated heterocycles. The number of carbonyl (C=O) groups excluding carboxylic acids is 1. The number of likely N-dealkylation sites (tertiary alicyclic amines) is 1. The molecule has 1 amide bonds. The fraction of sp³-hybridized carbons (Fsp3) is 0.417. The Bertz CT molecular complexity index is 378. The predicted molar refractivity (Wildman–Crippen MR) is 63.9 cm³/mol. The van der Waals surface area contributed by atoms with Gasteiger partial charge in [-0.05, 0) is 18.1 Å². The Labute approximate surface area is 98.4 Å². The van der Waals surface area contributed by atoms with E-state index in [1.54, 1.807) is 0 Å². The van der Waals surface area contributed by atoms with E-state index in [4.69, 9.17) is 0 Å². The summed E-state index contributed by atoms with van der Waals surface area (Å²) in [6.45, 7) is 3.66. The Balaban J connectivity index is 2.09. The monoisotopic (exact) mass is 267 g/mol. The van der Waals surface area contributed by atoms with Gasteiger partial charge in [-0.25, -0.2) is 0 Å². The average Bonchev–Trinajstić information content (AvgIpc) is 2.49. The van der Waals surface area contributed by atoms with Crippen molar-refractivity contribution < 1.29 is 4.79 Å². The van der Waals surface area contributed by atoms with Gasteiger partial charge in [0.25, 0.3) is 0 Å². The molecule has 1 atom stereocenters. The van der Waals surface area contributed by atoms with E-state index in [-0.39, 0.29) is 5.91 Å². The van der Waals surface area contributed by atoms with Crippen molar-refractivity contribution in [2.75, 3.05) is 6.54 Å². The lowest BCUT2D eigenvalue weighted by Gasteiger charge is -2.17. The Morgan fingerprint density at radius 2 is 2.20 bits per heavy atom. The first kappa shape index (κ1) is 10.7. The van der Waals surface area contributed by atoms with E-state index < -0.39 is 0 Å². The average molecular weight is 268 g/mol. The summed E-state index contributed by atoms with van der Waals surface area (Å²) >= 11 is 3.49. The lowest BCUT2D eigenvalue weighted by Crippen LogP contribution is -2.24. The highest BCUT2D eigenvalue weighted by Gasteiger charge is 2.27. The largest absolute Gasteiger partial charge is 0.337 e. The summed E-state index contributed by atoms with van der Waals surface area (Å²) in [5.41, 5.74) is 2.50. The highest BCUT2D eigenvalue weighted by atomic mass is 79.9. The minimum Gasteiger partial charge on any atom is -0.337 e. The van der Waals surface area contributed by atoms with Gasteiger partial charge in [-0.15, -0.1) is 0 Å². The summed E-state index contributed by atoms with van der Waals surface area (Å²) in [5.74, 6) is 0.250. The third-order valence-corrected chi connectivity index (χ3v) is 3.40. The zero-order valence-corrected chi connectivity index (χ0v) is 10.3. The third-order valence-electron chi connectivity index (χ3n) is 2.79. The van der Waals surface area contributed by atoms with Gasteiger partial charge in [0, 0.05) is 24.3 Å². The van der Waals surface area contributed by atoms with Crippen LogP contribution in [-0.2, 0) is 11.3 Å². The number of amides is 1. The molecule has 0 bridgehead atoms. The molecular formula is C12H14BrNO. The molecule has 1 aliphatic rings. The van der Waals surface area contributed by atoms with Gasteiger partial charge in [-0.1, -0.05) is 40.2 Å². The van der Waals surface area contributed by atoms with Gasteiger partial charge in [0.2, 0.25) is 5.91 Å². The summed E-state index contributed by atoms with van der Waals surface area (Å²) in [6, 6.07) is 8.22. The third kappa shape index (κ3) is 2.40. The van der Waals surface area contributed by atoms with Crippen LogP contribution in [0.3, 0.4) is 0 Å². The van der Waals surface area contributed by atoms with Crippen LogP contribution >= 0.6 is 15.9 Å². The normalized spacial score (nSPS) is 21.1. The summed E-state index contributed by atoms with van der Waals surface area (Å²) in [5, 5.41) is 0. The van der Waals surface area contributed by atoms with Gasteiger partial charge in [-0.2, -0.15) is 0 Å². The molecule has 3 heteroatoms. The van der Waals surface area contributed by atoms with Crippen molar-refractivity contribution in [1.29, 1.82) is 0 Å². The van der Waals surface area contributed by atoms with Gasteiger partial charge in [-0.3, -0.25) is 4.79 Å². The van der Waals surface area contributed by atoms with Crippen LogP contribution in [0.1, 0.15) is 17.5 Å². The first-order valence-corrected chi connectivity index (χ1v) is 6.05. The number of hydrogen-bond acceptors (Lipinski definition) is 1. The van der Waals surface area contributed by atoms with Crippen LogP contribution in [0.5, 0.6) is 0 Å². The molecule has 0 N–H and O–H groups in total. The number of carbonyl (C=O) groups is 1. The molecule has 15 heavy (non-hydrogen) atoms. The molecule has 2 rings (SSSR count). The first-order valence-electron chi connectivity index (χ1n) is 5.13. The Morgan fingerprint density at radius 3 is 2.80 bits per heavy atom. The van der Waals surface area contributed by atoms with Crippen molar-refractivity contribution >= 4 is 21.8 Å². The maximum Gasteiger partial charge on any atom is 0.224 e. The van der Waals surface area contributed by atoms with Gasteiger partial charge in [0.15, 0.2) is 0 Å². The second-order valence-electron chi connectivity index (χ2n) is 4.00. The maximum absolute atomic E-state index is 11.6. The smallest absolute Gasteiger partial charge is 0.224 e. The molecule has 1 aliphatic heterocycles. The van der Waals surface area contributed by atoms with E-state index in [1.165, 1.54) is 11.1 Å². The molecule has 1 unspecified atom stereocenters. The number of hydrogen-bond donors (Lipinski definition) is 0. The van der Waals surface area contributed by atoms with Gasteiger partial charge < -0.3 is 4.90 Å². The van der Waals surface area contributed by atoms with Gasteiger partial charge in [0.05, 0.1) is 0 Å². The number of aryl methyl sites for hydroxylation is 1. The number of rotatable bonds is 2. The molecule has 0 aromatic heterocycles. The molecule has 80 valence electrons. The minimum atomic E-state index is 0.250. The number of halogens is 1. The van der Waals surface area contributed by atoms with Crippen LogP contribution < -0.4 is 0 Å². The fourth-order valence-electron chi connectivity index (χ4n) is 1.87. The second-order valence-corrected chi connectivity index (χ2v) is 5.30. The Kier molecular flexibility index (Phi) is 3.10. The molecule has 1 aromatic rings. The quantitative estimate of drug-likeness (QED) is 0.755. The van der Waals surface area contributed by atoms with Crippen LogP contribution in [0.4, 0.5) is 0 Å². The lowest BCUT2D eigenvalue weighted by atomic mass is 10.1. The molecule has 1 heterocycles. The summed E-state index contributed by atoms with van der Waals surface area (Å²) < 4.78 is 0.